The zero-order chi connectivity index (χ0) is 18.5. The third-order valence-electron chi connectivity index (χ3n) is 5.08. The van der Waals surface area contributed by atoms with Crippen molar-refractivity contribution in [2.24, 2.45) is 0 Å². The number of benzene rings is 2. The zero-order valence-electron chi connectivity index (χ0n) is 15.1. The van der Waals surface area contributed by atoms with Crippen molar-refractivity contribution in [2.45, 2.75) is 32.7 Å². The second-order valence-corrected chi connectivity index (χ2v) is 7.11. The molecule has 0 saturated heterocycles. The highest BCUT2D eigenvalue weighted by molar-refractivity contribution is 6.02. The maximum Gasteiger partial charge on any atom is 0.258 e. The molecule has 0 bridgehead atoms. The molecular formula is C20H19N5O2. The maximum absolute atomic E-state index is 12.0. The van der Waals surface area contributed by atoms with E-state index in [2.05, 4.69) is 40.0 Å². The molecule has 3 aromatic rings. The average Bonchev–Trinajstić information content (AvgIpc) is 3.39. The van der Waals surface area contributed by atoms with Crippen molar-refractivity contribution < 1.29 is 9.32 Å². The summed E-state index contributed by atoms with van der Waals surface area (Å²) in [5.74, 6) is 1.16. The quantitative estimate of drug-likeness (QED) is 0.737. The van der Waals surface area contributed by atoms with Gasteiger partial charge < -0.3 is 9.95 Å². The molecule has 7 nitrogen and oxygen atoms in total. The number of nitrogens with one attached hydrogen (secondary N) is 2. The molecule has 0 atom stereocenters. The SMILES string of the molecule is CC(C)N1NNc2cc(-c3noc(-c4cccc5c4CCC5=O)n3)ccc21. The Morgan fingerprint density at radius 2 is 2.00 bits per heavy atom. The minimum atomic E-state index is 0.179. The Hall–Kier alpha value is -3.19. The molecule has 7 heteroatoms. The van der Waals surface area contributed by atoms with E-state index in [0.717, 1.165) is 40.0 Å². The fourth-order valence-electron chi connectivity index (χ4n) is 3.71. The average molecular weight is 361 g/mol. The summed E-state index contributed by atoms with van der Waals surface area (Å²) in [7, 11) is 0. The van der Waals surface area contributed by atoms with Gasteiger partial charge >= 0.3 is 0 Å². The molecule has 0 saturated carbocycles. The normalized spacial score (nSPS) is 15.2. The summed E-state index contributed by atoms with van der Waals surface area (Å²) in [6.07, 6.45) is 1.27. The van der Waals surface area contributed by atoms with Crippen LogP contribution in [0.5, 0.6) is 0 Å². The number of fused-ring (bicyclic) bond motifs is 2. The Morgan fingerprint density at radius 3 is 2.85 bits per heavy atom. The number of hydrazine groups is 2. The molecule has 0 radical (unpaired) electrons. The van der Waals surface area contributed by atoms with Gasteiger partial charge in [-0.2, -0.15) is 4.98 Å². The lowest BCUT2D eigenvalue weighted by Crippen LogP contribution is -2.41. The fraction of sp³-hybridized carbons (Fsp3) is 0.250. The van der Waals surface area contributed by atoms with Gasteiger partial charge in [-0.05, 0) is 50.1 Å². The molecule has 0 amide bonds. The van der Waals surface area contributed by atoms with Gasteiger partial charge in [0.05, 0.1) is 11.4 Å². The number of carbonyl (C=O) groups excluding carboxylic acids is 1. The smallest absolute Gasteiger partial charge is 0.258 e. The lowest BCUT2D eigenvalue weighted by Gasteiger charge is -2.21. The number of anilines is 2. The number of rotatable bonds is 3. The molecule has 27 heavy (non-hydrogen) atoms. The van der Waals surface area contributed by atoms with Crippen molar-refractivity contribution in [1.82, 2.24) is 15.7 Å². The van der Waals surface area contributed by atoms with Gasteiger partial charge in [-0.25, -0.2) is 0 Å². The summed E-state index contributed by atoms with van der Waals surface area (Å²) in [5, 5.41) is 6.21. The van der Waals surface area contributed by atoms with Gasteiger partial charge in [-0.15, -0.1) is 5.53 Å². The van der Waals surface area contributed by atoms with Crippen LogP contribution >= 0.6 is 0 Å². The maximum atomic E-state index is 12.0. The van der Waals surface area contributed by atoms with Crippen LogP contribution in [-0.2, 0) is 6.42 Å². The molecule has 0 unspecified atom stereocenters. The molecular weight excluding hydrogens is 342 g/mol. The van der Waals surface area contributed by atoms with Crippen molar-refractivity contribution in [1.29, 1.82) is 0 Å². The first-order chi connectivity index (χ1) is 13.1. The van der Waals surface area contributed by atoms with E-state index in [9.17, 15) is 4.79 Å². The highest BCUT2D eigenvalue weighted by Crippen LogP contribution is 2.35. The van der Waals surface area contributed by atoms with Gasteiger partial charge in [0.1, 0.15) is 0 Å². The molecule has 2 aliphatic rings. The summed E-state index contributed by atoms with van der Waals surface area (Å²) in [4.78, 5) is 16.6. The van der Waals surface area contributed by atoms with Gasteiger partial charge in [0.15, 0.2) is 5.78 Å². The van der Waals surface area contributed by atoms with Crippen molar-refractivity contribution in [3.63, 3.8) is 0 Å². The van der Waals surface area contributed by atoms with Gasteiger partial charge in [0.2, 0.25) is 5.82 Å². The Kier molecular flexibility index (Phi) is 3.51. The molecule has 1 aliphatic heterocycles. The van der Waals surface area contributed by atoms with Gasteiger partial charge in [-0.1, -0.05) is 17.3 Å². The first kappa shape index (κ1) is 16.0. The van der Waals surface area contributed by atoms with E-state index in [-0.39, 0.29) is 5.78 Å². The lowest BCUT2D eigenvalue weighted by atomic mass is 10.0. The number of aromatic nitrogens is 2. The second kappa shape index (κ2) is 5.92. The van der Waals surface area contributed by atoms with Crippen LogP contribution in [0.2, 0.25) is 0 Å². The number of carbonyl (C=O) groups is 1. The first-order valence-electron chi connectivity index (χ1n) is 9.06. The summed E-state index contributed by atoms with van der Waals surface area (Å²) in [5.41, 5.74) is 11.9. The van der Waals surface area contributed by atoms with Crippen LogP contribution in [0.25, 0.3) is 22.8 Å². The largest absolute Gasteiger partial charge is 0.334 e. The predicted octanol–water partition coefficient (Wildman–Crippen LogP) is 3.59. The Balaban J connectivity index is 1.50. The molecule has 5 rings (SSSR count). The Morgan fingerprint density at radius 1 is 1.15 bits per heavy atom. The highest BCUT2D eigenvalue weighted by atomic mass is 16.5. The molecule has 136 valence electrons. The fourth-order valence-corrected chi connectivity index (χ4v) is 3.71. The number of nitrogens with zero attached hydrogens (tertiary/aromatic N) is 3. The molecule has 1 aliphatic carbocycles. The van der Waals surface area contributed by atoms with E-state index in [1.165, 1.54) is 0 Å². The van der Waals surface area contributed by atoms with Crippen LogP contribution in [0.3, 0.4) is 0 Å². The molecule has 2 aromatic carbocycles. The molecule has 2 heterocycles. The summed E-state index contributed by atoms with van der Waals surface area (Å²) >= 11 is 0. The van der Waals surface area contributed by atoms with Crippen molar-refractivity contribution >= 4 is 17.2 Å². The van der Waals surface area contributed by atoms with Crippen molar-refractivity contribution in [2.75, 3.05) is 10.4 Å². The molecule has 0 fully saturated rings. The summed E-state index contributed by atoms with van der Waals surface area (Å²) in [6.45, 7) is 4.23. The molecule has 0 spiro atoms. The molecule has 1 aromatic heterocycles. The summed E-state index contributed by atoms with van der Waals surface area (Å²) in [6, 6.07) is 12.0. The Bertz CT molecular complexity index is 1060. The van der Waals surface area contributed by atoms with E-state index < -0.39 is 0 Å². The Labute approximate surface area is 156 Å². The number of ketones is 1. The van der Waals surface area contributed by atoms with Gasteiger partial charge in [0, 0.05) is 29.2 Å². The van der Waals surface area contributed by atoms with Crippen LogP contribution in [-0.4, -0.2) is 22.0 Å². The van der Waals surface area contributed by atoms with E-state index >= 15 is 0 Å². The second-order valence-electron chi connectivity index (χ2n) is 7.11. The standard InChI is InChI=1S/C20H19N5O2/c1-11(2)25-17-8-6-12(10-16(17)22-24-25)19-21-20(27-23-19)15-5-3-4-14-13(15)7-9-18(14)26/h3-6,8,10-11,22,24H,7,9H2,1-2H3. The van der Waals surface area contributed by atoms with E-state index in [4.69, 9.17) is 4.52 Å². The van der Waals surface area contributed by atoms with Crippen molar-refractivity contribution in [3.05, 3.63) is 47.5 Å². The van der Waals surface area contributed by atoms with Crippen LogP contribution in [0.4, 0.5) is 11.4 Å². The van der Waals surface area contributed by atoms with Crippen molar-refractivity contribution in [3.8, 4) is 22.8 Å². The van der Waals surface area contributed by atoms with Crippen LogP contribution in [0.15, 0.2) is 40.9 Å². The van der Waals surface area contributed by atoms with E-state index in [1.807, 2.05) is 36.4 Å². The van der Waals surface area contributed by atoms with Gasteiger partial charge in [-0.3, -0.25) is 9.80 Å². The zero-order valence-corrected chi connectivity index (χ0v) is 15.1. The van der Waals surface area contributed by atoms with Crippen LogP contribution < -0.4 is 16.0 Å². The summed E-state index contributed by atoms with van der Waals surface area (Å²) < 4.78 is 5.53. The minimum Gasteiger partial charge on any atom is -0.334 e. The highest BCUT2D eigenvalue weighted by Gasteiger charge is 2.25. The van der Waals surface area contributed by atoms with E-state index in [0.29, 0.717) is 24.2 Å². The van der Waals surface area contributed by atoms with E-state index in [1.54, 1.807) is 0 Å². The number of hydrogen-bond donors (Lipinski definition) is 2. The third-order valence-corrected chi connectivity index (χ3v) is 5.08. The van der Waals surface area contributed by atoms with Gasteiger partial charge in [0.25, 0.3) is 5.89 Å². The first-order valence-corrected chi connectivity index (χ1v) is 9.06. The minimum absolute atomic E-state index is 0.179. The lowest BCUT2D eigenvalue weighted by molar-refractivity contribution is 0.0994. The predicted molar refractivity (Wildman–Crippen MR) is 102 cm³/mol. The molecule has 2 N–H and O–H groups in total. The topological polar surface area (TPSA) is 83.3 Å². The number of Topliss-reactive ketones (excluding diaryl/α,β-unsaturated/α-hetero) is 1. The monoisotopic (exact) mass is 361 g/mol. The van der Waals surface area contributed by atoms with Crippen LogP contribution in [0, 0.1) is 0 Å². The third kappa shape index (κ3) is 2.50. The van der Waals surface area contributed by atoms with Crippen LogP contribution in [0.1, 0.15) is 36.2 Å². The number of hydrogen-bond acceptors (Lipinski definition) is 7.